The number of anilines is 1. The number of hydrogen-bond acceptors (Lipinski definition) is 5. The van der Waals surface area contributed by atoms with E-state index < -0.39 is 0 Å². The molecule has 0 aliphatic carbocycles. The van der Waals surface area contributed by atoms with Crippen molar-refractivity contribution in [2.45, 2.75) is 20.4 Å². The number of hydrogen-bond donors (Lipinski definition) is 1. The highest BCUT2D eigenvalue weighted by atomic mass is 32.1. The summed E-state index contributed by atoms with van der Waals surface area (Å²) in [6, 6.07) is 7.29. The molecule has 7 heteroatoms. The fourth-order valence-electron chi connectivity index (χ4n) is 2.03. The second kappa shape index (κ2) is 5.01. The normalized spacial score (nSPS) is 10.9. The zero-order valence-electron chi connectivity index (χ0n) is 11.1. The molecule has 0 spiro atoms. The van der Waals surface area contributed by atoms with Gasteiger partial charge in [0.2, 0.25) is 0 Å². The number of nitrogens with zero attached hydrogens (tertiary/aromatic N) is 4. The van der Waals surface area contributed by atoms with Gasteiger partial charge in [0, 0.05) is 12.2 Å². The van der Waals surface area contributed by atoms with Gasteiger partial charge >= 0.3 is 0 Å². The topological polar surface area (TPSA) is 72.7 Å². The van der Waals surface area contributed by atoms with E-state index in [1.54, 1.807) is 10.7 Å². The summed E-state index contributed by atoms with van der Waals surface area (Å²) in [7, 11) is 0. The quantitative estimate of drug-likeness (QED) is 0.803. The number of aromatic nitrogens is 4. The van der Waals surface area contributed by atoms with Crippen LogP contribution in [-0.4, -0.2) is 24.4 Å². The van der Waals surface area contributed by atoms with Crippen LogP contribution in [0.3, 0.4) is 0 Å². The average Bonchev–Trinajstić information content (AvgIpc) is 3.05. The zero-order valence-corrected chi connectivity index (χ0v) is 11.9. The lowest BCUT2D eigenvalue weighted by atomic mass is 10.2. The minimum absolute atomic E-state index is 0.235. The molecule has 0 saturated heterocycles. The van der Waals surface area contributed by atoms with Crippen LogP contribution in [0.1, 0.15) is 23.1 Å². The van der Waals surface area contributed by atoms with Gasteiger partial charge in [0.05, 0.1) is 17.4 Å². The van der Waals surface area contributed by atoms with Gasteiger partial charge in [-0.3, -0.25) is 9.48 Å². The third-order valence-corrected chi connectivity index (χ3v) is 3.59. The molecule has 0 unspecified atom stereocenters. The Morgan fingerprint density at radius 2 is 2.25 bits per heavy atom. The Morgan fingerprint density at radius 3 is 3.00 bits per heavy atom. The number of nitrogens with one attached hydrogen (secondary N) is 1. The van der Waals surface area contributed by atoms with Crippen molar-refractivity contribution >= 4 is 34.4 Å². The van der Waals surface area contributed by atoms with Crippen LogP contribution in [0.4, 0.5) is 5.69 Å². The fraction of sp³-hybridized carbons (Fsp3) is 0.231. The molecule has 20 heavy (non-hydrogen) atoms. The summed E-state index contributed by atoms with van der Waals surface area (Å²) in [6.45, 7) is 4.66. The molecule has 2 heterocycles. The van der Waals surface area contributed by atoms with E-state index in [0.717, 1.165) is 29.5 Å². The first-order valence-corrected chi connectivity index (χ1v) is 6.99. The Morgan fingerprint density at radius 1 is 1.40 bits per heavy atom. The van der Waals surface area contributed by atoms with Gasteiger partial charge in [-0.2, -0.15) is 13.8 Å². The second-order valence-electron chi connectivity index (χ2n) is 4.38. The summed E-state index contributed by atoms with van der Waals surface area (Å²) in [5, 5.41) is 7.10. The third kappa shape index (κ3) is 2.16. The van der Waals surface area contributed by atoms with Gasteiger partial charge in [0.25, 0.3) is 5.91 Å². The summed E-state index contributed by atoms with van der Waals surface area (Å²) < 4.78 is 10.1. The van der Waals surface area contributed by atoms with Crippen molar-refractivity contribution in [2.24, 2.45) is 0 Å². The Hall–Kier alpha value is -2.28. The van der Waals surface area contributed by atoms with Gasteiger partial charge in [-0.1, -0.05) is 6.07 Å². The van der Waals surface area contributed by atoms with Crippen molar-refractivity contribution in [1.29, 1.82) is 0 Å². The smallest absolute Gasteiger partial charge is 0.276 e. The number of benzene rings is 1. The molecule has 102 valence electrons. The molecule has 1 N–H and O–H groups in total. The molecule has 3 aromatic rings. The van der Waals surface area contributed by atoms with Gasteiger partial charge in [-0.25, -0.2) is 0 Å². The zero-order chi connectivity index (χ0) is 14.1. The molecule has 0 saturated carbocycles. The van der Waals surface area contributed by atoms with Crippen molar-refractivity contribution in [3.63, 3.8) is 0 Å². The predicted molar refractivity (Wildman–Crippen MR) is 78.0 cm³/mol. The average molecular weight is 287 g/mol. The predicted octanol–water partition coefficient (Wildman–Crippen LogP) is 2.47. The minimum Gasteiger partial charge on any atom is -0.319 e. The number of carbonyl (C=O) groups is 1. The van der Waals surface area contributed by atoms with Gasteiger partial charge in [0.15, 0.2) is 5.69 Å². The molecule has 0 atom stereocenters. The van der Waals surface area contributed by atoms with Crippen molar-refractivity contribution in [1.82, 2.24) is 18.5 Å². The van der Waals surface area contributed by atoms with Crippen molar-refractivity contribution in [3.8, 4) is 0 Å². The Balaban J connectivity index is 1.90. The Labute approximate surface area is 119 Å². The van der Waals surface area contributed by atoms with Crippen molar-refractivity contribution in [2.75, 3.05) is 5.32 Å². The molecule has 0 aliphatic rings. The SMILES string of the molecule is CCn1nc(C(=O)Nc2cccc3nsnc23)cc1C. The fourth-order valence-corrected chi connectivity index (χ4v) is 2.58. The van der Waals surface area contributed by atoms with Crippen LogP contribution < -0.4 is 5.32 Å². The lowest BCUT2D eigenvalue weighted by Gasteiger charge is -2.03. The maximum atomic E-state index is 12.2. The van der Waals surface area contributed by atoms with Crippen LogP contribution in [0.5, 0.6) is 0 Å². The molecular formula is C13H13N5OS. The van der Waals surface area contributed by atoms with Crippen molar-refractivity contribution in [3.05, 3.63) is 35.7 Å². The van der Waals surface area contributed by atoms with E-state index in [-0.39, 0.29) is 5.91 Å². The summed E-state index contributed by atoms with van der Waals surface area (Å²) in [5.74, 6) is -0.235. The van der Waals surface area contributed by atoms with Gasteiger partial charge in [-0.15, -0.1) is 0 Å². The van der Waals surface area contributed by atoms with E-state index in [2.05, 4.69) is 19.2 Å². The highest BCUT2D eigenvalue weighted by Gasteiger charge is 2.14. The van der Waals surface area contributed by atoms with E-state index in [1.807, 2.05) is 32.0 Å². The largest absolute Gasteiger partial charge is 0.319 e. The molecule has 0 radical (unpaired) electrons. The number of rotatable bonds is 3. The standard InChI is InChI=1S/C13H13N5OS/c1-3-18-8(2)7-11(15-18)13(19)14-9-5-4-6-10-12(9)17-20-16-10/h4-7H,3H2,1-2H3,(H,14,19). The van der Waals surface area contributed by atoms with Crippen LogP contribution in [0.2, 0.25) is 0 Å². The first kappa shape index (κ1) is 12.7. The number of amides is 1. The van der Waals surface area contributed by atoms with Crippen LogP contribution in [0, 0.1) is 6.92 Å². The first-order valence-electron chi connectivity index (χ1n) is 6.26. The van der Waals surface area contributed by atoms with Crippen molar-refractivity contribution < 1.29 is 4.79 Å². The lowest BCUT2D eigenvalue weighted by molar-refractivity contribution is 0.102. The lowest BCUT2D eigenvalue weighted by Crippen LogP contribution is -2.13. The molecule has 2 aromatic heterocycles. The summed E-state index contributed by atoms with van der Waals surface area (Å²) in [5.41, 5.74) is 3.52. The highest BCUT2D eigenvalue weighted by molar-refractivity contribution is 7.00. The van der Waals surface area contributed by atoms with E-state index in [1.165, 1.54) is 0 Å². The number of carbonyl (C=O) groups excluding carboxylic acids is 1. The molecular weight excluding hydrogens is 274 g/mol. The maximum absolute atomic E-state index is 12.2. The minimum atomic E-state index is -0.235. The molecule has 0 bridgehead atoms. The Bertz CT molecular complexity index is 776. The summed E-state index contributed by atoms with van der Waals surface area (Å²) in [6.07, 6.45) is 0. The van der Waals surface area contributed by atoms with Gasteiger partial charge < -0.3 is 5.32 Å². The monoisotopic (exact) mass is 287 g/mol. The van der Waals surface area contributed by atoms with E-state index in [0.29, 0.717) is 16.9 Å². The molecule has 0 fully saturated rings. The van der Waals surface area contributed by atoms with E-state index in [9.17, 15) is 4.79 Å². The van der Waals surface area contributed by atoms with Crippen LogP contribution in [-0.2, 0) is 6.54 Å². The first-order chi connectivity index (χ1) is 9.69. The second-order valence-corrected chi connectivity index (χ2v) is 4.91. The number of aryl methyl sites for hydroxylation is 2. The molecule has 6 nitrogen and oxygen atoms in total. The number of fused-ring (bicyclic) bond motifs is 1. The van der Waals surface area contributed by atoms with Crippen LogP contribution in [0.15, 0.2) is 24.3 Å². The summed E-state index contributed by atoms with van der Waals surface area (Å²) >= 11 is 1.13. The van der Waals surface area contributed by atoms with E-state index in [4.69, 9.17) is 0 Å². The molecule has 3 rings (SSSR count). The van der Waals surface area contributed by atoms with Crippen LogP contribution >= 0.6 is 11.7 Å². The van der Waals surface area contributed by atoms with E-state index >= 15 is 0 Å². The third-order valence-electron chi connectivity index (χ3n) is 3.05. The highest BCUT2D eigenvalue weighted by Crippen LogP contribution is 2.21. The van der Waals surface area contributed by atoms with Gasteiger partial charge in [-0.05, 0) is 32.0 Å². The summed E-state index contributed by atoms with van der Waals surface area (Å²) in [4.78, 5) is 12.2. The molecule has 1 amide bonds. The Kier molecular flexibility index (Phi) is 3.19. The maximum Gasteiger partial charge on any atom is 0.276 e. The van der Waals surface area contributed by atoms with Crippen LogP contribution in [0.25, 0.3) is 11.0 Å². The molecule has 1 aromatic carbocycles. The van der Waals surface area contributed by atoms with Gasteiger partial charge in [0.1, 0.15) is 11.0 Å². The molecule has 0 aliphatic heterocycles.